The summed E-state index contributed by atoms with van der Waals surface area (Å²) in [5.41, 5.74) is 2.14. The quantitative estimate of drug-likeness (QED) is 0.659. The van der Waals surface area contributed by atoms with Crippen LogP contribution in [0.4, 0.5) is 0 Å². The van der Waals surface area contributed by atoms with Gasteiger partial charge in [-0.05, 0) is 26.8 Å². The van der Waals surface area contributed by atoms with E-state index in [1.54, 1.807) is 0 Å². The molecule has 0 fully saturated rings. The fourth-order valence-electron chi connectivity index (χ4n) is 0.804. The summed E-state index contributed by atoms with van der Waals surface area (Å²) in [7, 11) is 0. The van der Waals surface area contributed by atoms with Gasteiger partial charge in [-0.15, -0.1) is 0 Å². The van der Waals surface area contributed by atoms with Crippen molar-refractivity contribution < 1.29 is 9.63 Å². The number of carbonyl (C=O) groups is 1. The molecular formula is C10H12Cl2N2O2. The summed E-state index contributed by atoms with van der Waals surface area (Å²) in [4.78, 5) is 20.5. The van der Waals surface area contributed by atoms with E-state index in [4.69, 9.17) is 28.0 Å². The summed E-state index contributed by atoms with van der Waals surface area (Å²) in [6.07, 6.45) is 1.33. The maximum absolute atomic E-state index is 11.6. The Kier molecular flexibility index (Phi) is 4.13. The van der Waals surface area contributed by atoms with E-state index < -0.39 is 11.5 Å². The van der Waals surface area contributed by atoms with E-state index in [0.717, 1.165) is 0 Å². The largest absolute Gasteiger partial charge is 0.276 e. The number of carbonyl (C=O) groups excluding carboxylic acids is 1. The molecule has 0 aliphatic rings. The predicted molar refractivity (Wildman–Crippen MR) is 62.6 cm³/mol. The molecule has 0 atom stereocenters. The standard InChI is InChI=1S/C10H12Cl2N2O2/c1-10(2,3)16-14-9(15)6-4-7(11)8(12)13-5-6/h4-5H,1-3H3,(H,14,15). The number of nitrogens with zero attached hydrogens (tertiary/aromatic N) is 1. The van der Waals surface area contributed by atoms with Gasteiger partial charge in [-0.25, -0.2) is 10.5 Å². The lowest BCUT2D eigenvalue weighted by molar-refractivity contribution is -0.0589. The van der Waals surface area contributed by atoms with Crippen LogP contribution in [0.1, 0.15) is 31.1 Å². The Morgan fingerprint density at radius 3 is 2.56 bits per heavy atom. The van der Waals surface area contributed by atoms with Gasteiger partial charge in [0.15, 0.2) is 0 Å². The minimum absolute atomic E-state index is 0.162. The number of nitrogens with one attached hydrogen (secondary N) is 1. The molecule has 0 bridgehead atoms. The number of pyridine rings is 1. The third-order valence-corrected chi connectivity index (χ3v) is 2.19. The first-order chi connectivity index (χ1) is 7.29. The summed E-state index contributed by atoms with van der Waals surface area (Å²) in [6.45, 7) is 5.46. The van der Waals surface area contributed by atoms with Gasteiger partial charge in [-0.3, -0.25) is 9.63 Å². The molecule has 0 saturated carbocycles. The second kappa shape index (κ2) is 4.99. The Hall–Kier alpha value is -0.840. The Bertz CT molecular complexity index is 402. The van der Waals surface area contributed by atoms with E-state index in [9.17, 15) is 4.79 Å². The summed E-state index contributed by atoms with van der Waals surface area (Å²) >= 11 is 11.4. The molecular weight excluding hydrogens is 251 g/mol. The summed E-state index contributed by atoms with van der Waals surface area (Å²) in [5.74, 6) is -0.416. The zero-order valence-corrected chi connectivity index (χ0v) is 10.7. The number of hydrogen-bond acceptors (Lipinski definition) is 3. The topological polar surface area (TPSA) is 51.2 Å². The highest BCUT2D eigenvalue weighted by Gasteiger charge is 2.14. The summed E-state index contributed by atoms with van der Waals surface area (Å²) in [5, 5.41) is 0.389. The molecule has 0 aromatic carbocycles. The molecule has 0 radical (unpaired) electrons. The SMILES string of the molecule is CC(C)(C)ONC(=O)c1cnc(Cl)c(Cl)c1. The monoisotopic (exact) mass is 262 g/mol. The normalized spacial score (nSPS) is 11.3. The minimum Gasteiger partial charge on any atom is -0.268 e. The van der Waals surface area contributed by atoms with Crippen molar-refractivity contribution in [2.45, 2.75) is 26.4 Å². The number of hydrogen-bond donors (Lipinski definition) is 1. The maximum Gasteiger partial charge on any atom is 0.276 e. The van der Waals surface area contributed by atoms with Gasteiger partial charge in [-0.1, -0.05) is 23.2 Å². The van der Waals surface area contributed by atoms with Crippen molar-refractivity contribution in [3.8, 4) is 0 Å². The predicted octanol–water partition coefficient (Wildman–Crippen LogP) is 2.85. The molecule has 0 aliphatic heterocycles. The van der Waals surface area contributed by atoms with E-state index >= 15 is 0 Å². The van der Waals surface area contributed by atoms with Gasteiger partial charge < -0.3 is 0 Å². The number of halogens is 2. The van der Waals surface area contributed by atoms with Gasteiger partial charge in [0.2, 0.25) is 0 Å². The average Bonchev–Trinajstić information content (AvgIpc) is 2.17. The van der Waals surface area contributed by atoms with Crippen LogP contribution < -0.4 is 5.48 Å². The smallest absolute Gasteiger partial charge is 0.268 e. The van der Waals surface area contributed by atoms with Crippen molar-refractivity contribution in [1.29, 1.82) is 0 Å². The van der Waals surface area contributed by atoms with Crippen LogP contribution in [0.15, 0.2) is 12.3 Å². The van der Waals surface area contributed by atoms with Gasteiger partial charge in [0.05, 0.1) is 16.2 Å². The average molecular weight is 263 g/mol. The number of aromatic nitrogens is 1. The number of hydroxylamine groups is 1. The zero-order valence-electron chi connectivity index (χ0n) is 9.17. The van der Waals surface area contributed by atoms with Crippen molar-refractivity contribution in [3.63, 3.8) is 0 Å². The lowest BCUT2D eigenvalue weighted by Gasteiger charge is -2.18. The van der Waals surface area contributed by atoms with Gasteiger partial charge in [0.1, 0.15) is 5.15 Å². The van der Waals surface area contributed by atoms with E-state index in [-0.39, 0.29) is 10.2 Å². The molecule has 1 heterocycles. The van der Waals surface area contributed by atoms with Crippen LogP contribution in [-0.2, 0) is 4.84 Å². The molecule has 0 spiro atoms. The van der Waals surface area contributed by atoms with Gasteiger partial charge in [-0.2, -0.15) is 0 Å². The maximum atomic E-state index is 11.6. The second-order valence-corrected chi connectivity index (χ2v) is 4.91. The van der Waals surface area contributed by atoms with E-state index in [1.165, 1.54) is 12.3 Å². The van der Waals surface area contributed by atoms with Crippen LogP contribution in [0.3, 0.4) is 0 Å². The second-order valence-electron chi connectivity index (χ2n) is 4.14. The fourth-order valence-corrected chi connectivity index (χ4v) is 1.07. The lowest BCUT2D eigenvalue weighted by Crippen LogP contribution is -2.33. The molecule has 1 aromatic rings. The molecule has 88 valence electrons. The van der Waals surface area contributed by atoms with E-state index in [1.807, 2.05) is 20.8 Å². The van der Waals surface area contributed by atoms with Crippen molar-refractivity contribution in [2.75, 3.05) is 0 Å². The third kappa shape index (κ3) is 3.96. The Morgan fingerprint density at radius 1 is 1.44 bits per heavy atom. The molecule has 0 unspecified atom stereocenters. The molecule has 0 aliphatic carbocycles. The first-order valence-electron chi connectivity index (χ1n) is 4.59. The highest BCUT2D eigenvalue weighted by molar-refractivity contribution is 6.41. The molecule has 1 rings (SSSR count). The molecule has 4 nitrogen and oxygen atoms in total. The van der Waals surface area contributed by atoms with Gasteiger partial charge in [0.25, 0.3) is 5.91 Å². The third-order valence-electron chi connectivity index (χ3n) is 1.51. The minimum atomic E-state index is -0.459. The Morgan fingerprint density at radius 2 is 2.06 bits per heavy atom. The summed E-state index contributed by atoms with van der Waals surface area (Å²) < 4.78 is 0. The van der Waals surface area contributed by atoms with Crippen LogP contribution in [0.5, 0.6) is 0 Å². The molecule has 1 aromatic heterocycles. The molecule has 0 saturated heterocycles. The molecule has 16 heavy (non-hydrogen) atoms. The lowest BCUT2D eigenvalue weighted by atomic mass is 10.2. The van der Waals surface area contributed by atoms with Crippen molar-refractivity contribution in [1.82, 2.24) is 10.5 Å². The van der Waals surface area contributed by atoms with Crippen LogP contribution in [0.25, 0.3) is 0 Å². The first-order valence-corrected chi connectivity index (χ1v) is 5.34. The number of rotatable bonds is 2. The number of amides is 1. The van der Waals surface area contributed by atoms with Gasteiger partial charge in [0, 0.05) is 6.20 Å². The van der Waals surface area contributed by atoms with Crippen LogP contribution in [0.2, 0.25) is 10.2 Å². The molecule has 1 N–H and O–H groups in total. The summed E-state index contributed by atoms with van der Waals surface area (Å²) in [6, 6.07) is 1.43. The van der Waals surface area contributed by atoms with Crippen molar-refractivity contribution >= 4 is 29.1 Å². The molecule has 6 heteroatoms. The van der Waals surface area contributed by atoms with E-state index in [0.29, 0.717) is 5.56 Å². The van der Waals surface area contributed by atoms with Crippen molar-refractivity contribution in [3.05, 3.63) is 28.0 Å². The Balaban J connectivity index is 2.70. The van der Waals surface area contributed by atoms with Crippen LogP contribution in [-0.4, -0.2) is 16.5 Å². The molecule has 1 amide bonds. The first kappa shape index (κ1) is 13.2. The van der Waals surface area contributed by atoms with Crippen molar-refractivity contribution in [2.24, 2.45) is 0 Å². The van der Waals surface area contributed by atoms with Crippen LogP contribution >= 0.6 is 23.2 Å². The van der Waals surface area contributed by atoms with E-state index in [2.05, 4.69) is 10.5 Å². The van der Waals surface area contributed by atoms with Crippen LogP contribution in [0, 0.1) is 0 Å². The zero-order chi connectivity index (χ0) is 12.3. The fraction of sp³-hybridized carbons (Fsp3) is 0.400. The Labute approximate surface area is 104 Å². The highest BCUT2D eigenvalue weighted by atomic mass is 35.5. The highest BCUT2D eigenvalue weighted by Crippen LogP contribution is 2.19. The van der Waals surface area contributed by atoms with Gasteiger partial charge >= 0.3 is 0 Å².